The van der Waals surface area contributed by atoms with Crippen LogP contribution in [-0.4, -0.2) is 42.1 Å². The van der Waals surface area contributed by atoms with Gasteiger partial charge in [0.2, 0.25) is 0 Å². The number of imidazole rings is 1. The van der Waals surface area contributed by atoms with Gasteiger partial charge in [-0.15, -0.1) is 0 Å². The van der Waals surface area contributed by atoms with Crippen molar-refractivity contribution in [2.45, 2.75) is 44.6 Å². The number of likely N-dealkylation sites (tertiary alicyclic amines) is 1. The van der Waals surface area contributed by atoms with Crippen LogP contribution in [0.4, 0.5) is 0 Å². The number of amides is 1. The average molecular weight is 400 g/mol. The Balaban J connectivity index is 1.44. The Bertz CT molecular complexity index is 1270. The first-order valence-electron chi connectivity index (χ1n) is 10.7. The summed E-state index contributed by atoms with van der Waals surface area (Å²) in [6.07, 6.45) is 4.19. The van der Waals surface area contributed by atoms with Crippen molar-refractivity contribution in [2.24, 2.45) is 7.05 Å². The molecule has 0 radical (unpaired) electrons. The molecule has 6 rings (SSSR count). The van der Waals surface area contributed by atoms with Crippen LogP contribution in [0.5, 0.6) is 0 Å². The van der Waals surface area contributed by atoms with Gasteiger partial charge in [-0.1, -0.05) is 12.1 Å². The molecule has 1 aliphatic heterocycles. The summed E-state index contributed by atoms with van der Waals surface area (Å²) in [6.45, 7) is 2.70. The van der Waals surface area contributed by atoms with Gasteiger partial charge < -0.3 is 9.88 Å². The van der Waals surface area contributed by atoms with E-state index in [1.807, 2.05) is 49.2 Å². The number of aromatic amines is 1. The smallest absolute Gasteiger partial charge is 0.255 e. The quantitative estimate of drug-likeness (QED) is 0.564. The predicted molar refractivity (Wildman–Crippen MR) is 114 cm³/mol. The molecule has 4 heterocycles. The van der Waals surface area contributed by atoms with Gasteiger partial charge in [0.25, 0.3) is 5.91 Å². The summed E-state index contributed by atoms with van der Waals surface area (Å²) in [5, 5.41) is 5.43. The van der Waals surface area contributed by atoms with Gasteiger partial charge in [-0.25, -0.2) is 9.97 Å². The minimum atomic E-state index is -0.0329. The number of para-hydroxylation sites is 2. The number of nitrogens with zero attached hydrogens (tertiary/aromatic N) is 5. The number of aromatic nitrogens is 5. The average Bonchev–Trinajstić information content (AvgIpc) is 3.21. The fourth-order valence-corrected chi connectivity index (χ4v) is 4.80. The second-order valence-corrected chi connectivity index (χ2v) is 8.57. The summed E-state index contributed by atoms with van der Waals surface area (Å²) in [4.78, 5) is 28.9. The van der Waals surface area contributed by atoms with Crippen molar-refractivity contribution in [3.63, 3.8) is 0 Å². The largest absolute Gasteiger partial charge is 0.340 e. The molecule has 2 aliphatic rings. The van der Waals surface area contributed by atoms with Gasteiger partial charge in [-0.3, -0.25) is 9.48 Å². The number of aryl methyl sites for hydroxylation is 2. The van der Waals surface area contributed by atoms with Crippen molar-refractivity contribution in [3.8, 4) is 0 Å². The molecule has 1 amide bonds. The third kappa shape index (κ3) is 2.65. The molecule has 7 nitrogen and oxygen atoms in total. The number of hydrogen-bond acceptors (Lipinski definition) is 4. The molecule has 3 aromatic heterocycles. The molecule has 1 saturated heterocycles. The molecular formula is C23H24N6O. The maximum atomic E-state index is 13.8. The zero-order valence-corrected chi connectivity index (χ0v) is 17.2. The lowest BCUT2D eigenvalue weighted by molar-refractivity contribution is 0.0732. The highest BCUT2D eigenvalue weighted by atomic mass is 16.2. The highest BCUT2D eigenvalue weighted by molar-refractivity contribution is 6.06. The van der Waals surface area contributed by atoms with E-state index in [9.17, 15) is 4.79 Å². The minimum Gasteiger partial charge on any atom is -0.340 e. The number of benzene rings is 1. The Morgan fingerprint density at radius 1 is 1.17 bits per heavy atom. The van der Waals surface area contributed by atoms with Crippen LogP contribution in [0.3, 0.4) is 0 Å². The van der Waals surface area contributed by atoms with E-state index in [2.05, 4.69) is 10.1 Å². The van der Waals surface area contributed by atoms with E-state index in [0.717, 1.165) is 77.1 Å². The van der Waals surface area contributed by atoms with Gasteiger partial charge in [0, 0.05) is 25.2 Å². The lowest BCUT2D eigenvalue weighted by Crippen LogP contribution is -2.31. The summed E-state index contributed by atoms with van der Waals surface area (Å²) in [7, 11) is 1.90. The van der Waals surface area contributed by atoms with Crippen LogP contribution in [0, 0.1) is 6.92 Å². The first-order valence-corrected chi connectivity index (χ1v) is 10.7. The normalized spacial score (nSPS) is 19.3. The molecule has 1 aliphatic carbocycles. The molecule has 30 heavy (non-hydrogen) atoms. The molecule has 7 heteroatoms. The molecule has 152 valence electrons. The molecular weight excluding hydrogens is 376 g/mol. The Labute approximate surface area is 174 Å². The van der Waals surface area contributed by atoms with Crippen molar-refractivity contribution >= 4 is 28.0 Å². The van der Waals surface area contributed by atoms with E-state index < -0.39 is 0 Å². The van der Waals surface area contributed by atoms with Crippen molar-refractivity contribution in [1.82, 2.24) is 29.6 Å². The van der Waals surface area contributed by atoms with Gasteiger partial charge in [0.15, 0.2) is 5.65 Å². The van der Waals surface area contributed by atoms with Crippen molar-refractivity contribution in [2.75, 3.05) is 6.54 Å². The fourth-order valence-electron chi connectivity index (χ4n) is 4.80. The van der Waals surface area contributed by atoms with Crippen LogP contribution in [0.15, 0.2) is 30.3 Å². The fraction of sp³-hybridized carbons (Fsp3) is 0.391. The Hall–Kier alpha value is -3.22. The van der Waals surface area contributed by atoms with E-state index >= 15 is 0 Å². The lowest BCUT2D eigenvalue weighted by atomic mass is 10.1. The van der Waals surface area contributed by atoms with Crippen LogP contribution in [0.1, 0.15) is 65.2 Å². The maximum absolute atomic E-state index is 13.8. The lowest BCUT2D eigenvalue weighted by Gasteiger charge is -2.24. The number of carbonyl (C=O) groups excluding carboxylic acids is 1. The number of carbonyl (C=O) groups is 1. The van der Waals surface area contributed by atoms with E-state index in [1.165, 1.54) is 0 Å². The zero-order chi connectivity index (χ0) is 20.4. The van der Waals surface area contributed by atoms with Crippen molar-refractivity contribution in [1.29, 1.82) is 0 Å². The standard InChI is InChI=1S/C23H24N6O/c1-13-20-15(12-18(14-9-10-14)26-22(20)28(2)27-13)23(30)29-11-5-8-19(29)21-24-16-6-3-4-7-17(16)25-21/h3-4,6-7,12,14,19H,5,8-11H2,1-2H3,(H,24,25). The van der Waals surface area contributed by atoms with Gasteiger partial charge in [0.05, 0.1) is 33.7 Å². The SMILES string of the molecule is Cc1nn(C)c2nc(C3CC3)cc(C(=O)N3CCCC3c3nc4ccccc4[nH]3)c12. The first-order chi connectivity index (χ1) is 14.6. The van der Waals surface area contributed by atoms with E-state index in [4.69, 9.17) is 9.97 Å². The van der Waals surface area contributed by atoms with Crippen LogP contribution >= 0.6 is 0 Å². The highest BCUT2D eigenvalue weighted by Gasteiger charge is 2.35. The summed E-state index contributed by atoms with van der Waals surface area (Å²) in [5.41, 5.74) is 5.36. The number of fused-ring (bicyclic) bond motifs is 2. The molecule has 2 fully saturated rings. The van der Waals surface area contributed by atoms with Crippen LogP contribution in [0.25, 0.3) is 22.1 Å². The molecule has 0 bridgehead atoms. The van der Waals surface area contributed by atoms with E-state index in [-0.39, 0.29) is 11.9 Å². The summed E-state index contributed by atoms with van der Waals surface area (Å²) >= 11 is 0. The Morgan fingerprint density at radius 3 is 2.80 bits per heavy atom. The van der Waals surface area contributed by atoms with Gasteiger partial charge >= 0.3 is 0 Å². The van der Waals surface area contributed by atoms with Crippen molar-refractivity contribution < 1.29 is 4.79 Å². The van der Waals surface area contributed by atoms with Gasteiger partial charge in [0.1, 0.15) is 5.82 Å². The summed E-state index contributed by atoms with van der Waals surface area (Å²) in [6, 6.07) is 10.0. The summed E-state index contributed by atoms with van der Waals surface area (Å²) in [5.74, 6) is 1.40. The molecule has 1 unspecified atom stereocenters. The molecule has 1 aromatic carbocycles. The first kappa shape index (κ1) is 17.6. The highest BCUT2D eigenvalue weighted by Crippen LogP contribution is 2.41. The number of pyridine rings is 1. The second kappa shape index (κ2) is 6.39. The summed E-state index contributed by atoms with van der Waals surface area (Å²) < 4.78 is 1.80. The monoisotopic (exact) mass is 400 g/mol. The maximum Gasteiger partial charge on any atom is 0.255 e. The Morgan fingerprint density at radius 2 is 2.00 bits per heavy atom. The topological polar surface area (TPSA) is 79.7 Å². The van der Waals surface area contributed by atoms with Crippen LogP contribution in [0.2, 0.25) is 0 Å². The predicted octanol–water partition coefficient (Wildman–Crippen LogP) is 4.01. The third-order valence-electron chi connectivity index (χ3n) is 6.45. The van der Waals surface area contributed by atoms with Crippen LogP contribution < -0.4 is 0 Å². The van der Waals surface area contributed by atoms with Gasteiger partial charge in [-0.05, 0) is 50.8 Å². The van der Waals surface area contributed by atoms with Gasteiger partial charge in [-0.2, -0.15) is 5.10 Å². The third-order valence-corrected chi connectivity index (χ3v) is 6.45. The number of H-pyrrole nitrogens is 1. The van der Waals surface area contributed by atoms with E-state index in [0.29, 0.717) is 5.92 Å². The molecule has 1 saturated carbocycles. The molecule has 4 aromatic rings. The number of hydrogen-bond donors (Lipinski definition) is 1. The number of nitrogens with one attached hydrogen (secondary N) is 1. The minimum absolute atomic E-state index is 0.0329. The second-order valence-electron chi connectivity index (χ2n) is 8.57. The zero-order valence-electron chi connectivity index (χ0n) is 17.2. The molecule has 0 spiro atoms. The van der Waals surface area contributed by atoms with Crippen molar-refractivity contribution in [3.05, 3.63) is 53.1 Å². The van der Waals surface area contributed by atoms with E-state index in [1.54, 1.807) is 4.68 Å². The van der Waals surface area contributed by atoms with Crippen LogP contribution in [-0.2, 0) is 7.05 Å². The number of rotatable bonds is 3. The molecule has 1 atom stereocenters. The Kier molecular flexibility index (Phi) is 3.75. The molecule has 1 N–H and O–H groups in total.